The number of benzene rings is 2. The monoisotopic (exact) mass is 342 g/mol. The van der Waals surface area contributed by atoms with Crippen LogP contribution >= 0.6 is 43.6 Å². The Kier molecular flexibility index (Phi) is 3.89. The van der Waals surface area contributed by atoms with Crippen molar-refractivity contribution in [3.05, 3.63) is 57.5 Å². The minimum Gasteiger partial charge on any atom is -0.0877 e. The van der Waals surface area contributed by atoms with Crippen LogP contribution in [-0.2, 0) is 0 Å². The Hall–Kier alpha value is -0.250. The lowest BCUT2D eigenvalue weighted by molar-refractivity contribution is 1.34. The summed E-state index contributed by atoms with van der Waals surface area (Å²) in [5.41, 5.74) is 0. The molecule has 0 aromatic heterocycles. The van der Waals surface area contributed by atoms with Gasteiger partial charge >= 0.3 is 0 Å². The maximum atomic E-state index is 3.55. The minimum absolute atomic E-state index is 1.12. The summed E-state index contributed by atoms with van der Waals surface area (Å²) in [5.74, 6) is 0. The van der Waals surface area contributed by atoms with Crippen molar-refractivity contribution >= 4 is 43.6 Å². The van der Waals surface area contributed by atoms with Crippen LogP contribution in [-0.4, -0.2) is 0 Å². The van der Waals surface area contributed by atoms with Crippen molar-refractivity contribution in [1.29, 1.82) is 0 Å². The third-order valence-electron chi connectivity index (χ3n) is 1.88. The van der Waals surface area contributed by atoms with E-state index in [-0.39, 0.29) is 0 Å². The number of rotatable bonds is 2. The first-order valence-corrected chi connectivity index (χ1v) is 6.84. The summed E-state index contributed by atoms with van der Waals surface area (Å²) in [6, 6.07) is 16.5. The van der Waals surface area contributed by atoms with Crippen LogP contribution in [0.3, 0.4) is 0 Å². The van der Waals surface area contributed by atoms with E-state index in [1.165, 1.54) is 9.79 Å². The molecule has 76 valence electrons. The smallest absolute Gasteiger partial charge is 0.0406 e. The van der Waals surface area contributed by atoms with Gasteiger partial charge in [-0.15, -0.1) is 0 Å². The summed E-state index contributed by atoms with van der Waals surface area (Å²) in [5, 5.41) is 0. The minimum atomic E-state index is 1.12. The van der Waals surface area contributed by atoms with Crippen molar-refractivity contribution in [2.75, 3.05) is 0 Å². The molecule has 0 aliphatic carbocycles. The van der Waals surface area contributed by atoms with E-state index in [1.54, 1.807) is 11.8 Å². The quantitative estimate of drug-likeness (QED) is 0.707. The van der Waals surface area contributed by atoms with Gasteiger partial charge in [0.25, 0.3) is 0 Å². The SMILES string of the molecule is Brc1cccc(Br)c1Sc1ccccc1. The Labute approximate surface area is 110 Å². The fraction of sp³-hybridized carbons (Fsp3) is 0. The van der Waals surface area contributed by atoms with Crippen molar-refractivity contribution in [2.24, 2.45) is 0 Å². The van der Waals surface area contributed by atoms with Crippen LogP contribution in [0.1, 0.15) is 0 Å². The summed E-state index contributed by atoms with van der Waals surface area (Å²) in [4.78, 5) is 2.45. The lowest BCUT2D eigenvalue weighted by atomic mass is 10.4. The van der Waals surface area contributed by atoms with Crippen LogP contribution in [0.25, 0.3) is 0 Å². The molecule has 2 aromatic rings. The average Bonchev–Trinajstić information content (AvgIpc) is 2.25. The predicted molar refractivity (Wildman–Crippen MR) is 72.4 cm³/mol. The van der Waals surface area contributed by atoms with Gasteiger partial charge in [-0.1, -0.05) is 36.0 Å². The maximum Gasteiger partial charge on any atom is 0.0406 e. The van der Waals surface area contributed by atoms with Crippen LogP contribution in [0.15, 0.2) is 67.3 Å². The molecule has 0 radical (unpaired) electrons. The van der Waals surface area contributed by atoms with E-state index in [2.05, 4.69) is 56.1 Å². The fourth-order valence-electron chi connectivity index (χ4n) is 1.19. The van der Waals surface area contributed by atoms with E-state index in [0.29, 0.717) is 0 Å². The molecular formula is C12H8Br2S. The number of hydrogen-bond donors (Lipinski definition) is 0. The van der Waals surface area contributed by atoms with Crippen LogP contribution < -0.4 is 0 Å². The van der Waals surface area contributed by atoms with Crippen LogP contribution in [0.2, 0.25) is 0 Å². The predicted octanol–water partition coefficient (Wildman–Crippen LogP) is 5.36. The first-order valence-electron chi connectivity index (χ1n) is 4.44. The topological polar surface area (TPSA) is 0 Å². The molecule has 2 aromatic carbocycles. The lowest BCUT2D eigenvalue weighted by Crippen LogP contribution is -1.77. The maximum absolute atomic E-state index is 3.55. The Morgan fingerprint density at radius 2 is 1.33 bits per heavy atom. The van der Waals surface area contributed by atoms with Gasteiger partial charge in [0.1, 0.15) is 0 Å². The van der Waals surface area contributed by atoms with Gasteiger partial charge in [-0.25, -0.2) is 0 Å². The fourth-order valence-corrected chi connectivity index (χ4v) is 3.53. The van der Waals surface area contributed by atoms with E-state index in [0.717, 1.165) is 8.95 Å². The molecule has 0 aliphatic heterocycles. The molecule has 15 heavy (non-hydrogen) atoms. The van der Waals surface area contributed by atoms with Gasteiger partial charge in [-0.05, 0) is 56.1 Å². The van der Waals surface area contributed by atoms with Gasteiger partial charge in [-0.3, -0.25) is 0 Å². The molecule has 0 bridgehead atoms. The second kappa shape index (κ2) is 5.19. The molecule has 0 saturated carbocycles. The van der Waals surface area contributed by atoms with Crippen molar-refractivity contribution in [1.82, 2.24) is 0 Å². The van der Waals surface area contributed by atoms with Gasteiger partial charge < -0.3 is 0 Å². The van der Waals surface area contributed by atoms with E-state index in [9.17, 15) is 0 Å². The molecule has 0 N–H and O–H groups in total. The summed E-state index contributed by atoms with van der Waals surface area (Å²) in [6.07, 6.45) is 0. The zero-order chi connectivity index (χ0) is 10.7. The molecule has 3 heteroatoms. The molecule has 0 fully saturated rings. The van der Waals surface area contributed by atoms with Crippen molar-refractivity contribution in [2.45, 2.75) is 9.79 Å². The third-order valence-corrected chi connectivity index (χ3v) is 4.88. The second-order valence-electron chi connectivity index (χ2n) is 2.97. The molecule has 0 nitrogen and oxygen atoms in total. The molecule has 0 heterocycles. The Morgan fingerprint density at radius 1 is 0.733 bits per heavy atom. The van der Waals surface area contributed by atoms with Crippen LogP contribution in [0, 0.1) is 0 Å². The standard InChI is InChI=1S/C12H8Br2S/c13-10-7-4-8-11(14)12(10)15-9-5-2-1-3-6-9/h1-8H. The normalized spacial score (nSPS) is 10.3. The summed E-state index contributed by atoms with van der Waals surface area (Å²) in [6.45, 7) is 0. The molecule has 0 spiro atoms. The highest BCUT2D eigenvalue weighted by Crippen LogP contribution is 2.38. The van der Waals surface area contributed by atoms with E-state index in [4.69, 9.17) is 0 Å². The Bertz CT molecular complexity index is 434. The number of hydrogen-bond acceptors (Lipinski definition) is 1. The first kappa shape index (κ1) is 11.2. The van der Waals surface area contributed by atoms with Crippen molar-refractivity contribution < 1.29 is 0 Å². The largest absolute Gasteiger partial charge is 0.0877 e. The van der Waals surface area contributed by atoms with Crippen LogP contribution in [0.5, 0.6) is 0 Å². The lowest BCUT2D eigenvalue weighted by Gasteiger charge is -2.06. The van der Waals surface area contributed by atoms with E-state index >= 15 is 0 Å². The van der Waals surface area contributed by atoms with Crippen molar-refractivity contribution in [3.63, 3.8) is 0 Å². The first-order chi connectivity index (χ1) is 7.27. The zero-order valence-electron chi connectivity index (χ0n) is 7.78. The summed E-state index contributed by atoms with van der Waals surface area (Å²) in [7, 11) is 0. The van der Waals surface area contributed by atoms with E-state index in [1.807, 2.05) is 24.3 Å². The molecule has 0 atom stereocenters. The zero-order valence-corrected chi connectivity index (χ0v) is 11.8. The van der Waals surface area contributed by atoms with Gasteiger partial charge in [0.2, 0.25) is 0 Å². The Morgan fingerprint density at radius 3 is 1.93 bits per heavy atom. The molecule has 0 amide bonds. The highest BCUT2D eigenvalue weighted by Gasteiger charge is 2.05. The average molecular weight is 344 g/mol. The molecule has 2 rings (SSSR count). The third kappa shape index (κ3) is 2.86. The van der Waals surface area contributed by atoms with Crippen molar-refractivity contribution in [3.8, 4) is 0 Å². The molecule has 0 aliphatic rings. The molecular weight excluding hydrogens is 336 g/mol. The van der Waals surface area contributed by atoms with E-state index < -0.39 is 0 Å². The molecule has 0 saturated heterocycles. The van der Waals surface area contributed by atoms with Gasteiger partial charge in [0, 0.05) is 18.7 Å². The summed E-state index contributed by atoms with van der Waals surface area (Å²) >= 11 is 8.85. The van der Waals surface area contributed by atoms with Gasteiger partial charge in [0.15, 0.2) is 0 Å². The van der Waals surface area contributed by atoms with Gasteiger partial charge in [0.05, 0.1) is 0 Å². The second-order valence-corrected chi connectivity index (χ2v) is 5.76. The molecule has 0 unspecified atom stereocenters. The van der Waals surface area contributed by atoms with Crippen LogP contribution in [0.4, 0.5) is 0 Å². The highest BCUT2D eigenvalue weighted by molar-refractivity contribution is 9.11. The van der Waals surface area contributed by atoms with Gasteiger partial charge in [-0.2, -0.15) is 0 Å². The highest BCUT2D eigenvalue weighted by atomic mass is 79.9. The summed E-state index contributed by atoms with van der Waals surface area (Å²) < 4.78 is 2.23. The Balaban J connectivity index is 2.32. The number of halogens is 2.